The molecule has 0 atom stereocenters. The number of rotatable bonds is 5. The number of hydrogen-bond donors (Lipinski definition) is 2. The van der Waals surface area contributed by atoms with Crippen molar-refractivity contribution in [2.24, 2.45) is 0 Å². The van der Waals surface area contributed by atoms with Crippen LogP contribution in [0.5, 0.6) is 0 Å². The van der Waals surface area contributed by atoms with E-state index in [0.717, 1.165) is 17.9 Å². The molecule has 10 aromatic rings. The minimum absolute atomic E-state index is 0. The molecule has 0 amide bonds. The summed E-state index contributed by atoms with van der Waals surface area (Å²) in [4.78, 5) is 5.31. The van der Waals surface area contributed by atoms with E-state index in [4.69, 9.17) is 10.0 Å². The number of benzene rings is 4. The summed E-state index contributed by atoms with van der Waals surface area (Å²) in [5, 5.41) is 32.1. The van der Waals surface area contributed by atoms with Crippen molar-refractivity contribution in [2.45, 2.75) is 14.9 Å². The number of hydrogen-bond acceptors (Lipinski definition) is 8. The van der Waals surface area contributed by atoms with Crippen LogP contribution in [0, 0.1) is 5.38 Å². The average Bonchev–Trinajstić information content (AvgIpc) is 4.14. The van der Waals surface area contributed by atoms with Gasteiger partial charge in [0, 0.05) is 42.2 Å². The molecule has 2 nitrogen and oxygen atoms in total. The zero-order valence-electron chi connectivity index (χ0n) is 33.1. The first-order valence-corrected chi connectivity index (χ1v) is 26.7. The summed E-state index contributed by atoms with van der Waals surface area (Å²) in [6, 6.07) is 57.7. The quantitative estimate of drug-likeness (QED) is 0.133. The Hall–Kier alpha value is -1.77. The molecule has 15 heteroatoms. The van der Waals surface area contributed by atoms with Gasteiger partial charge >= 0.3 is 30.2 Å². The third-order valence-electron chi connectivity index (χ3n) is 7.78. The maximum Gasteiger partial charge on any atom is 2.00 e. The van der Waals surface area contributed by atoms with Crippen LogP contribution >= 0.6 is 132 Å². The zero-order chi connectivity index (χ0) is 43.1. The second-order valence-electron chi connectivity index (χ2n) is 12.1. The van der Waals surface area contributed by atoms with Crippen LogP contribution in [-0.2, 0) is 0 Å². The van der Waals surface area contributed by atoms with E-state index in [1.807, 2.05) is 41.8 Å². The van der Waals surface area contributed by atoms with Gasteiger partial charge in [-0.05, 0) is 122 Å². The summed E-state index contributed by atoms with van der Waals surface area (Å²) >= 11 is 23.5. The Kier molecular flexibility index (Phi) is 33.3. The van der Waals surface area contributed by atoms with Crippen molar-refractivity contribution in [2.75, 3.05) is 0 Å². The third kappa shape index (κ3) is 23.4. The van der Waals surface area contributed by atoms with Crippen molar-refractivity contribution < 1.29 is 27.0 Å². The van der Waals surface area contributed by atoms with E-state index < -0.39 is 7.12 Å². The molecule has 332 valence electrons. The van der Waals surface area contributed by atoms with Crippen LogP contribution in [0.15, 0.2) is 220 Å². The van der Waals surface area contributed by atoms with Gasteiger partial charge in [0.25, 0.3) is 0 Å². The normalized spacial score (nSPS) is 9.20. The molecule has 10 rings (SSSR count). The fraction of sp³-hybridized carbons (Fsp3) is 0.0400. The topological polar surface area (TPSA) is 40.5 Å². The molecule has 0 fully saturated rings. The van der Waals surface area contributed by atoms with Gasteiger partial charge in [0.1, 0.15) is 0 Å². The van der Waals surface area contributed by atoms with Gasteiger partial charge in [-0.1, -0.05) is 164 Å². The van der Waals surface area contributed by atoms with Crippen molar-refractivity contribution in [3.63, 3.8) is 0 Å². The first-order chi connectivity index (χ1) is 29.7. The predicted molar refractivity (Wildman–Crippen MR) is 306 cm³/mol. The van der Waals surface area contributed by atoms with E-state index in [9.17, 15) is 0 Å². The molecule has 0 bridgehead atoms. The first kappa shape index (κ1) is 61.2. The monoisotopic (exact) mass is 1300 g/mol. The number of halogens is 5. The summed E-state index contributed by atoms with van der Waals surface area (Å²) in [7, 11) is -1.30. The molecule has 0 aliphatic carbocycles. The molecule has 0 radical (unpaired) electrons. The maximum absolute atomic E-state index is 8.48. The second kappa shape index (κ2) is 35.4. The summed E-state index contributed by atoms with van der Waals surface area (Å²) < 4.78 is 5.07. The molecule has 0 aliphatic rings. The van der Waals surface area contributed by atoms with Crippen LogP contribution in [0.25, 0.3) is 41.8 Å². The predicted octanol–water partition coefficient (Wildman–Crippen LogP) is 15.6. The fourth-order valence-corrected chi connectivity index (χ4v) is 9.84. The Bertz CT molecular complexity index is 2390. The molecule has 0 spiro atoms. The van der Waals surface area contributed by atoms with E-state index in [-0.39, 0.29) is 54.9 Å². The van der Waals surface area contributed by atoms with Crippen molar-refractivity contribution in [3.05, 3.63) is 225 Å². The second-order valence-corrected chi connectivity index (χ2v) is 21.2. The molecule has 6 aromatic heterocycles. The van der Waals surface area contributed by atoms with Gasteiger partial charge in [-0.3, -0.25) is 0 Å². The smallest absolute Gasteiger partial charge is 1.00 e. The van der Waals surface area contributed by atoms with Crippen LogP contribution in [0.3, 0.4) is 0 Å². The van der Waals surface area contributed by atoms with E-state index >= 15 is 0 Å². The Morgan fingerprint density at radius 1 is 0.369 bits per heavy atom. The largest absolute Gasteiger partial charge is 2.00 e. The van der Waals surface area contributed by atoms with Crippen LogP contribution in [0.4, 0.5) is 0 Å². The Morgan fingerprint density at radius 3 is 0.831 bits per heavy atom. The van der Waals surface area contributed by atoms with Gasteiger partial charge in [0.2, 0.25) is 0 Å². The molecule has 2 N–H and O–H groups in total. The van der Waals surface area contributed by atoms with Crippen LogP contribution in [0.2, 0.25) is 0 Å². The summed E-state index contributed by atoms with van der Waals surface area (Å²) in [6.07, 6.45) is 0. The average molecular weight is 1300 g/mol. The molecule has 65 heavy (non-hydrogen) atoms. The molecular weight excluding hydrogens is 1260 g/mol. The minimum atomic E-state index is -1.30. The number of thiophene rings is 6. The van der Waals surface area contributed by atoms with Gasteiger partial charge in [0.15, 0.2) is 0 Å². The summed E-state index contributed by atoms with van der Waals surface area (Å²) in [6.45, 7) is 0. The molecule has 6 heterocycles. The summed E-state index contributed by atoms with van der Waals surface area (Å²) in [5.41, 5.74) is 5.17. The van der Waals surface area contributed by atoms with Gasteiger partial charge in [-0.2, -0.15) is 22.8 Å². The van der Waals surface area contributed by atoms with Crippen LogP contribution < -0.4 is 21.8 Å². The van der Waals surface area contributed by atoms with E-state index in [1.54, 1.807) is 74.2 Å². The van der Waals surface area contributed by atoms with Crippen molar-refractivity contribution in [1.29, 1.82) is 0 Å². The summed E-state index contributed by atoms with van der Waals surface area (Å²) in [5.74, 6) is 0. The maximum atomic E-state index is 8.48. The van der Waals surface area contributed by atoms with Gasteiger partial charge in [-0.25, -0.2) is 6.07 Å². The van der Waals surface area contributed by atoms with Crippen molar-refractivity contribution in [3.8, 4) is 41.8 Å². The molecular formula is C50H44BBr5MgO2S6. The van der Waals surface area contributed by atoms with Crippen molar-refractivity contribution in [1.82, 2.24) is 0 Å². The van der Waals surface area contributed by atoms with Gasteiger partial charge in [-0.15, -0.1) is 50.7 Å². The SMILES string of the molecule is Brc1ccc(-c2cccs2)cc1.Brc1ccc(-c2cccs2)cc1.Brc1ccc(Br)cc1.C.C.OB(O)c1cccs1.[Br-].[Mg+2].[c-]1cccs1.c1csc(-c2ccc(-c3cccs3)cc2)c1. The molecule has 0 aliphatic heterocycles. The van der Waals surface area contributed by atoms with Crippen molar-refractivity contribution >= 4 is 167 Å². The Morgan fingerprint density at radius 2 is 0.646 bits per heavy atom. The van der Waals surface area contributed by atoms with E-state index in [1.165, 1.54) is 53.1 Å². The molecule has 0 saturated heterocycles. The fourth-order valence-electron chi connectivity index (χ4n) is 4.86. The zero-order valence-corrected chi connectivity index (χ0v) is 47.4. The molecule has 0 saturated carbocycles. The third-order valence-corrected chi connectivity index (χ3v) is 15.0. The first-order valence-electron chi connectivity index (χ1n) is 18.2. The van der Waals surface area contributed by atoms with Crippen LogP contribution in [0.1, 0.15) is 14.9 Å². The van der Waals surface area contributed by atoms with E-state index in [0.29, 0.717) is 4.78 Å². The molecule has 0 unspecified atom stereocenters. The minimum Gasteiger partial charge on any atom is -1.00 e. The molecule has 4 aromatic carbocycles. The standard InChI is InChI=1S/C14H10S2.2C10H7BrS.C6H4Br2.C4H5BO2S.C4H3S.2CH4.BrH.Mg/c1-3-13(15-9-1)11-5-7-12(8-6-11)14-4-2-10-16-14;2*11-9-5-3-8(4-6-9)10-2-1-7-12-10;7-5-1-2-6(8)4-3-5;6-5(7)4-2-1-3-8-4;1-2-4-5-3-1;;;;/h1-10H;2*1-7H;1-4H;1-3,6-7H;1-3H;2*1H4;1H;/q;;;;;-1;;;;+2/p-1. The van der Waals surface area contributed by atoms with Crippen LogP contribution in [-0.4, -0.2) is 40.2 Å². The Labute approximate surface area is 469 Å². The Balaban J connectivity index is 0.000000397. The van der Waals surface area contributed by atoms with Gasteiger partial charge in [0.05, 0.1) is 0 Å². The van der Waals surface area contributed by atoms with E-state index in [2.05, 4.69) is 212 Å². The van der Waals surface area contributed by atoms with Gasteiger partial charge < -0.3 is 38.4 Å².